The van der Waals surface area contributed by atoms with Gasteiger partial charge in [0, 0.05) is 12.8 Å². The Labute approximate surface area is 69.2 Å². The van der Waals surface area contributed by atoms with Crippen molar-refractivity contribution in [3.05, 3.63) is 0 Å². The van der Waals surface area contributed by atoms with Crippen molar-refractivity contribution >= 4 is 5.78 Å². The van der Waals surface area contributed by atoms with Gasteiger partial charge >= 0.3 is 0 Å². The van der Waals surface area contributed by atoms with Gasteiger partial charge in [0.2, 0.25) is 0 Å². The van der Waals surface area contributed by atoms with Gasteiger partial charge in [-0.2, -0.15) is 0 Å². The van der Waals surface area contributed by atoms with E-state index in [1.54, 1.807) is 0 Å². The van der Waals surface area contributed by atoms with E-state index in [0.717, 1.165) is 25.2 Å². The molecule has 64 valence electrons. The minimum absolute atomic E-state index is 0.488. The molecule has 1 aliphatic rings. The fourth-order valence-corrected chi connectivity index (χ4v) is 1.26. The van der Waals surface area contributed by atoms with Crippen molar-refractivity contribution in [1.29, 1.82) is 0 Å². The molecule has 1 atom stereocenters. The van der Waals surface area contributed by atoms with E-state index < -0.39 is 0 Å². The second-order valence-corrected chi connectivity index (χ2v) is 3.90. The predicted octanol–water partition coefficient (Wildman–Crippen LogP) is 2.79. The molecule has 0 radical (unpaired) electrons. The third kappa shape index (κ3) is 3.54. The molecule has 1 rings (SSSR count). The highest BCUT2D eigenvalue weighted by molar-refractivity contribution is 5.79. The highest BCUT2D eigenvalue weighted by atomic mass is 16.1. The molecular weight excluding hydrogens is 136 g/mol. The lowest BCUT2D eigenvalue weighted by Crippen LogP contribution is -2.05. The van der Waals surface area contributed by atoms with Crippen LogP contribution in [0.4, 0.5) is 0 Å². The third-order valence-corrected chi connectivity index (χ3v) is 2.49. The van der Waals surface area contributed by atoms with Gasteiger partial charge in [-0.05, 0) is 24.7 Å². The molecule has 1 fully saturated rings. The van der Waals surface area contributed by atoms with Gasteiger partial charge in [0.15, 0.2) is 0 Å². The highest BCUT2D eigenvalue weighted by Crippen LogP contribution is 2.33. The molecule has 0 bridgehead atoms. The molecule has 0 saturated heterocycles. The summed E-state index contributed by atoms with van der Waals surface area (Å²) in [7, 11) is 0. The van der Waals surface area contributed by atoms with E-state index in [2.05, 4.69) is 13.8 Å². The minimum atomic E-state index is 0.488. The number of hydrogen-bond donors (Lipinski definition) is 0. The average molecular weight is 154 g/mol. The Hall–Kier alpha value is -0.330. The standard InChI is InChI=1S/C10H18O/c1-3-8(2)6-10(11)7-9-4-5-9/h8-9H,3-7H2,1-2H3. The second kappa shape index (κ2) is 3.89. The Morgan fingerprint density at radius 2 is 2.18 bits per heavy atom. The van der Waals surface area contributed by atoms with E-state index in [4.69, 9.17) is 0 Å². The highest BCUT2D eigenvalue weighted by Gasteiger charge is 2.24. The fraction of sp³-hybridized carbons (Fsp3) is 0.900. The zero-order chi connectivity index (χ0) is 8.27. The first kappa shape index (κ1) is 8.76. The molecule has 0 aromatic carbocycles. The molecule has 0 spiro atoms. The first-order valence-electron chi connectivity index (χ1n) is 4.74. The van der Waals surface area contributed by atoms with Crippen molar-refractivity contribution in [3.8, 4) is 0 Å². The summed E-state index contributed by atoms with van der Waals surface area (Å²) in [4.78, 5) is 11.3. The largest absolute Gasteiger partial charge is 0.300 e. The van der Waals surface area contributed by atoms with Crippen LogP contribution < -0.4 is 0 Å². The lowest BCUT2D eigenvalue weighted by atomic mass is 9.99. The van der Waals surface area contributed by atoms with Crippen molar-refractivity contribution < 1.29 is 4.79 Å². The monoisotopic (exact) mass is 154 g/mol. The summed E-state index contributed by atoms with van der Waals surface area (Å²) in [6, 6.07) is 0. The van der Waals surface area contributed by atoms with Crippen LogP contribution in [0.15, 0.2) is 0 Å². The van der Waals surface area contributed by atoms with Crippen molar-refractivity contribution in [2.24, 2.45) is 11.8 Å². The minimum Gasteiger partial charge on any atom is -0.300 e. The van der Waals surface area contributed by atoms with Gasteiger partial charge in [-0.3, -0.25) is 4.79 Å². The lowest BCUT2D eigenvalue weighted by molar-refractivity contribution is -0.120. The summed E-state index contributed by atoms with van der Waals surface area (Å²) in [6.45, 7) is 4.31. The van der Waals surface area contributed by atoms with Gasteiger partial charge in [-0.1, -0.05) is 20.3 Å². The molecule has 0 N–H and O–H groups in total. The van der Waals surface area contributed by atoms with E-state index in [-0.39, 0.29) is 0 Å². The molecular formula is C10H18O. The number of carbonyl (C=O) groups excluding carboxylic acids is 1. The van der Waals surface area contributed by atoms with Crippen LogP contribution in [-0.2, 0) is 4.79 Å². The molecule has 1 nitrogen and oxygen atoms in total. The molecule has 1 unspecified atom stereocenters. The Morgan fingerprint density at radius 1 is 1.55 bits per heavy atom. The van der Waals surface area contributed by atoms with Gasteiger partial charge in [0.25, 0.3) is 0 Å². The summed E-state index contributed by atoms with van der Waals surface area (Å²) in [5.74, 6) is 1.86. The van der Waals surface area contributed by atoms with Crippen molar-refractivity contribution in [2.75, 3.05) is 0 Å². The number of rotatable bonds is 5. The molecule has 0 aromatic heterocycles. The summed E-state index contributed by atoms with van der Waals surface area (Å²) < 4.78 is 0. The second-order valence-electron chi connectivity index (χ2n) is 3.90. The van der Waals surface area contributed by atoms with Crippen LogP contribution in [0, 0.1) is 11.8 Å². The number of hydrogen-bond acceptors (Lipinski definition) is 1. The van der Waals surface area contributed by atoms with Gasteiger partial charge in [-0.25, -0.2) is 0 Å². The van der Waals surface area contributed by atoms with Gasteiger partial charge < -0.3 is 0 Å². The van der Waals surface area contributed by atoms with E-state index >= 15 is 0 Å². The van der Waals surface area contributed by atoms with Gasteiger partial charge in [-0.15, -0.1) is 0 Å². The Balaban J connectivity index is 2.08. The summed E-state index contributed by atoms with van der Waals surface area (Å²) in [5, 5.41) is 0. The maximum atomic E-state index is 11.3. The molecule has 1 aliphatic carbocycles. The Morgan fingerprint density at radius 3 is 2.64 bits per heavy atom. The van der Waals surface area contributed by atoms with Crippen LogP contribution in [0.1, 0.15) is 46.0 Å². The average Bonchev–Trinajstić information content (AvgIpc) is 2.71. The Bertz CT molecular complexity index is 136. The van der Waals surface area contributed by atoms with E-state index in [0.29, 0.717) is 11.7 Å². The van der Waals surface area contributed by atoms with Crippen molar-refractivity contribution in [2.45, 2.75) is 46.0 Å². The molecule has 0 heterocycles. The van der Waals surface area contributed by atoms with E-state index in [1.807, 2.05) is 0 Å². The normalized spacial score (nSPS) is 19.8. The van der Waals surface area contributed by atoms with Crippen LogP contribution in [0.2, 0.25) is 0 Å². The summed E-state index contributed by atoms with van der Waals surface area (Å²) in [6.07, 6.45) is 5.41. The van der Waals surface area contributed by atoms with Crippen LogP contribution in [0.25, 0.3) is 0 Å². The van der Waals surface area contributed by atoms with Gasteiger partial charge in [0.1, 0.15) is 5.78 Å². The maximum absolute atomic E-state index is 11.3. The molecule has 1 saturated carbocycles. The molecule has 0 amide bonds. The molecule has 0 aromatic rings. The van der Waals surface area contributed by atoms with Crippen LogP contribution >= 0.6 is 0 Å². The smallest absolute Gasteiger partial charge is 0.133 e. The fourth-order valence-electron chi connectivity index (χ4n) is 1.26. The number of carbonyl (C=O) groups is 1. The summed E-state index contributed by atoms with van der Waals surface area (Å²) >= 11 is 0. The zero-order valence-electron chi connectivity index (χ0n) is 7.60. The van der Waals surface area contributed by atoms with Crippen LogP contribution in [0.5, 0.6) is 0 Å². The number of ketones is 1. The first-order chi connectivity index (χ1) is 5.22. The first-order valence-corrected chi connectivity index (χ1v) is 4.74. The topological polar surface area (TPSA) is 17.1 Å². The quantitative estimate of drug-likeness (QED) is 0.595. The molecule has 11 heavy (non-hydrogen) atoms. The van der Waals surface area contributed by atoms with Crippen molar-refractivity contribution in [1.82, 2.24) is 0 Å². The van der Waals surface area contributed by atoms with Crippen LogP contribution in [0.3, 0.4) is 0 Å². The summed E-state index contributed by atoms with van der Waals surface area (Å²) in [5.41, 5.74) is 0. The zero-order valence-corrected chi connectivity index (χ0v) is 7.60. The van der Waals surface area contributed by atoms with Gasteiger partial charge in [0.05, 0.1) is 0 Å². The third-order valence-electron chi connectivity index (χ3n) is 2.49. The van der Waals surface area contributed by atoms with E-state index in [9.17, 15) is 4.79 Å². The van der Waals surface area contributed by atoms with E-state index in [1.165, 1.54) is 12.8 Å². The molecule has 0 aliphatic heterocycles. The van der Waals surface area contributed by atoms with Crippen molar-refractivity contribution in [3.63, 3.8) is 0 Å². The predicted molar refractivity (Wildman–Crippen MR) is 46.4 cm³/mol. The Kier molecular flexibility index (Phi) is 3.10. The molecule has 1 heteroatoms. The maximum Gasteiger partial charge on any atom is 0.133 e. The van der Waals surface area contributed by atoms with Crippen LogP contribution in [-0.4, -0.2) is 5.78 Å². The lowest BCUT2D eigenvalue weighted by Gasteiger charge is -2.05. The SMILES string of the molecule is CCC(C)CC(=O)CC1CC1. The number of Topliss-reactive ketones (excluding diaryl/α,β-unsaturated/α-hetero) is 1.